The molecule has 3 radical (unpaired) electrons. The number of rotatable bonds is 29. The lowest BCUT2D eigenvalue weighted by atomic mass is 9.87. The first-order chi connectivity index (χ1) is 62.6. The molecule has 3 aliphatic heterocycles. The highest BCUT2D eigenvalue weighted by molar-refractivity contribution is 9.10. The standard InChI is InChI=1S/C21H22O4.C17H14O4.C15H33NO6.C15H14O3.C15H12O2.C8H7BrO2.C7H8O.C6H11BrO2.2CH4.B.H2/c1-13-8-7-10-15-19(23)16(12-18(22)25-21(2,3)4)14-9-5-6-11-17(14)24-20(13)15;1-10-5-4-7-12-16(20)13(9-15(18)19)11-6-2-3-8-14(11)21-17(10)12;1-17-10-13-20-7-4-16(5-8-21-14-11-18-2)6-9-22-15-12-19-3;1-11-6-2-4-8-13(11)18-14-9-5-3-7-12(14)10-15(16)17;1-10-5-4-7-12-13(16)9-11-6-2-3-8-14(11)17-15(10)12;9-7-4-2-1-3-6(7)5-8(10)11;1-6-4-2-3-5-7(6)8;1-6(2,3)9-5(8)4-7;;;;/h5-11,16H,12H2,1-4H3;2-8,13H,9H2,1H3,(H,18,19);4-15H2,1-3H3;2-9H,10H2,1H3,(H,16,17);2-8H,9H2,1H3;1-4H,5H2,(H,10,11);2-5,8H,1H3;4H2,1-3H3;2*1H4;;1H/i;;;;;;;;;;;1+1. The fraction of sp³-hybridized carbons (Fsp3) is 0.358. The lowest BCUT2D eigenvalue weighted by Gasteiger charge is -2.22. The molecule has 0 aromatic heterocycles. The zero-order valence-corrected chi connectivity index (χ0v) is 80.7. The van der Waals surface area contributed by atoms with Gasteiger partial charge in [0, 0.05) is 84.0 Å². The Hall–Kier alpha value is -11.7. The van der Waals surface area contributed by atoms with E-state index in [1.807, 2.05) is 240 Å². The van der Waals surface area contributed by atoms with Crippen molar-refractivity contribution in [3.8, 4) is 51.7 Å². The van der Waals surface area contributed by atoms with Gasteiger partial charge >= 0.3 is 29.8 Å². The number of fused-ring (bicyclic) bond motifs is 6. The van der Waals surface area contributed by atoms with E-state index in [4.69, 9.17) is 77.3 Å². The second kappa shape index (κ2) is 61.3. The van der Waals surface area contributed by atoms with E-state index in [2.05, 4.69) is 36.8 Å². The summed E-state index contributed by atoms with van der Waals surface area (Å²) in [6.07, 6.45) is 0.187. The molecule has 4 N–H and O–H groups in total. The van der Waals surface area contributed by atoms with Crippen LogP contribution in [0.1, 0.15) is 169 Å². The molecular weight excluding hydrogens is 1840 g/mol. The van der Waals surface area contributed by atoms with E-state index in [0.717, 1.165) is 74.6 Å². The average molecular weight is 1970 g/mol. The topological polar surface area (TPSA) is 331 Å². The smallest absolute Gasteiger partial charge is 0.317 e. The van der Waals surface area contributed by atoms with Gasteiger partial charge in [-0.25, -0.2) is 0 Å². The SMILES string of the molecule is C.C.CC(C)(C)OC(=O)CBr.COCCOCCN(CCOCCOC)CCOCCOC.Cc1cccc2c1Oc1ccccc1C(CC(=O)O)C2=O.Cc1cccc2c1Oc1ccccc1C(CC(=O)OC(C)(C)C)C2=O.Cc1cccc2c1Oc1ccccc1CC2=O.Cc1ccccc1O.Cc1ccccc1Oc1ccccc1CC(=O)O.O=C(O)Cc1ccccc1Br.[2HH].[B]. The van der Waals surface area contributed by atoms with Crippen molar-refractivity contribution < 1.29 is 117 Å². The molecule has 0 spiro atoms. The normalized spacial score (nSPS) is 12.6. The Kier molecular flexibility index (Phi) is 53.2. The lowest BCUT2D eigenvalue weighted by molar-refractivity contribution is -0.155. The summed E-state index contributed by atoms with van der Waals surface area (Å²) in [5.74, 6) is 0.594. The first kappa shape index (κ1) is 116. The van der Waals surface area contributed by atoms with Gasteiger partial charge in [-0.1, -0.05) is 211 Å². The molecule has 2 atom stereocenters. The monoisotopic (exact) mass is 1970 g/mol. The van der Waals surface area contributed by atoms with Crippen molar-refractivity contribution >= 4 is 87.5 Å². The molecule has 2 unspecified atom stereocenters. The number of carbonyl (C=O) groups is 8. The molecule has 25 nitrogen and oxygen atoms in total. The summed E-state index contributed by atoms with van der Waals surface area (Å²) in [6.45, 7) is 28.9. The fourth-order valence-electron chi connectivity index (χ4n) is 12.9. The number of hydrogen-bond donors (Lipinski definition) is 4. The zero-order valence-electron chi connectivity index (χ0n) is 77.5. The van der Waals surface area contributed by atoms with E-state index in [9.17, 15) is 38.4 Å². The highest BCUT2D eigenvalue weighted by Gasteiger charge is 2.36. The van der Waals surface area contributed by atoms with Crippen molar-refractivity contribution in [3.05, 3.63) is 301 Å². The highest BCUT2D eigenvalue weighted by atomic mass is 79.9. The molecule has 0 saturated carbocycles. The number of phenols is 1. The summed E-state index contributed by atoms with van der Waals surface area (Å²) in [7, 11) is 5.01. The summed E-state index contributed by atoms with van der Waals surface area (Å²) >= 11 is 6.25. The number of esters is 2. The summed E-state index contributed by atoms with van der Waals surface area (Å²) < 4.78 is 66.2. The number of carboxylic acid groups (broad SMARTS) is 3. The second-order valence-corrected chi connectivity index (χ2v) is 33.5. The fourth-order valence-corrected chi connectivity index (χ4v) is 13.5. The molecule has 0 fully saturated rings. The number of nitrogens with zero attached hydrogens (tertiary/aromatic N) is 1. The van der Waals surface area contributed by atoms with Crippen LogP contribution in [0.15, 0.2) is 229 Å². The van der Waals surface area contributed by atoms with Gasteiger partial charge in [0.25, 0.3) is 0 Å². The summed E-state index contributed by atoms with van der Waals surface area (Å²) in [6, 6.07) is 68.1. The molecule has 10 aromatic carbocycles. The predicted octanol–water partition coefficient (Wildman–Crippen LogP) is 22.2. The number of halogens is 2. The summed E-state index contributed by atoms with van der Waals surface area (Å²) in [4.78, 5) is 95.4. The first-order valence-corrected chi connectivity index (χ1v) is 44.5. The maximum Gasteiger partial charge on any atom is 0.317 e. The van der Waals surface area contributed by atoms with Crippen molar-refractivity contribution in [1.29, 1.82) is 0 Å². The van der Waals surface area contributed by atoms with Crippen molar-refractivity contribution in [1.82, 2.24) is 4.90 Å². The van der Waals surface area contributed by atoms with Gasteiger partial charge in [-0.05, 0) is 170 Å². The van der Waals surface area contributed by atoms with Crippen molar-refractivity contribution in [2.24, 2.45) is 0 Å². The quantitative estimate of drug-likeness (QED) is 0.0146. The van der Waals surface area contributed by atoms with Crippen molar-refractivity contribution in [2.75, 3.05) is 106 Å². The maximum absolute atomic E-state index is 13.2. The third-order valence-electron chi connectivity index (χ3n) is 19.3. The number of ketones is 3. The number of carbonyl (C=O) groups excluding carboxylic acids is 5. The van der Waals surface area contributed by atoms with Crippen LogP contribution in [0.2, 0.25) is 0 Å². The minimum Gasteiger partial charge on any atom is -0.508 e. The predicted molar refractivity (Wildman–Crippen MR) is 531 cm³/mol. The van der Waals surface area contributed by atoms with Crippen LogP contribution < -0.4 is 18.9 Å². The van der Waals surface area contributed by atoms with Gasteiger partial charge in [0.2, 0.25) is 0 Å². The molecule has 0 aliphatic carbocycles. The molecule has 28 heteroatoms. The molecule has 10 aromatic rings. The van der Waals surface area contributed by atoms with Crippen molar-refractivity contribution in [2.45, 2.75) is 146 Å². The Morgan fingerprint density at radius 2 is 0.791 bits per heavy atom. The molecule has 13 rings (SSSR count). The van der Waals surface area contributed by atoms with Gasteiger partial charge in [0.05, 0.1) is 114 Å². The molecule has 0 bridgehead atoms. The van der Waals surface area contributed by atoms with E-state index in [1.165, 1.54) is 0 Å². The number of methoxy groups -OCH3 is 3. The molecule has 0 amide bonds. The number of ether oxygens (including phenoxy) is 12. The number of phenolic OH excluding ortho intramolecular Hbond substituents is 1. The van der Waals surface area contributed by atoms with E-state index in [0.29, 0.717) is 140 Å². The average Bonchev–Trinajstić information content (AvgIpc) is 1.64. The lowest BCUT2D eigenvalue weighted by Crippen LogP contribution is -2.34. The Bertz CT molecular complexity index is 5290. The largest absolute Gasteiger partial charge is 0.508 e. The summed E-state index contributed by atoms with van der Waals surface area (Å²) in [5, 5.41) is 35.6. The minimum atomic E-state index is -1.00. The van der Waals surface area contributed by atoms with Crippen molar-refractivity contribution in [3.63, 3.8) is 0 Å². The number of aryl methyl sites for hydroxylation is 5. The Morgan fingerprint density at radius 3 is 1.22 bits per heavy atom. The molecule has 3 aliphatic rings. The number of carboxylic acids is 3. The van der Waals surface area contributed by atoms with Crippen LogP contribution in [0, 0.1) is 34.6 Å². The number of hydrogen-bond acceptors (Lipinski definition) is 22. The van der Waals surface area contributed by atoms with Gasteiger partial charge in [-0.15, -0.1) is 0 Å². The van der Waals surface area contributed by atoms with Crippen LogP contribution in [-0.4, -0.2) is 198 Å². The summed E-state index contributed by atoms with van der Waals surface area (Å²) in [5.41, 5.74) is 9.13. The van der Waals surface area contributed by atoms with E-state index in [-0.39, 0.29) is 84.6 Å². The first-order valence-electron chi connectivity index (χ1n) is 42.6. The molecule has 0 saturated heterocycles. The number of alkyl halides is 1. The Labute approximate surface area is 809 Å². The minimum absolute atomic E-state index is 0. The van der Waals surface area contributed by atoms with Gasteiger partial charge in [0.1, 0.15) is 68.3 Å². The van der Waals surface area contributed by atoms with Crippen LogP contribution in [-0.2, 0) is 81.1 Å². The maximum atomic E-state index is 13.2. The number of aliphatic carboxylic acids is 3. The third kappa shape index (κ3) is 41.0. The zero-order chi connectivity index (χ0) is 96.0. The Morgan fingerprint density at radius 1 is 0.418 bits per heavy atom. The number of para-hydroxylation sites is 9. The number of benzene rings is 10. The number of Topliss-reactive ketones (excluding diaryl/α,β-unsaturated/α-hetero) is 3. The van der Waals surface area contributed by atoms with Crippen LogP contribution in [0.4, 0.5) is 0 Å². The van der Waals surface area contributed by atoms with Crippen LogP contribution in [0.25, 0.3) is 0 Å². The molecular formula is C106H131BBr2NO24. The van der Waals surface area contributed by atoms with Gasteiger partial charge in [0.15, 0.2) is 17.3 Å². The highest BCUT2D eigenvalue weighted by Crippen LogP contribution is 2.45. The van der Waals surface area contributed by atoms with Crippen LogP contribution in [0.5, 0.6) is 51.7 Å². The van der Waals surface area contributed by atoms with Crippen LogP contribution in [0.3, 0.4) is 0 Å². The molecule has 134 heavy (non-hydrogen) atoms. The van der Waals surface area contributed by atoms with E-state index < -0.39 is 41.3 Å². The Balaban J connectivity index is 0.000000531. The molecule has 721 valence electrons. The van der Waals surface area contributed by atoms with Crippen LogP contribution >= 0.6 is 31.9 Å². The van der Waals surface area contributed by atoms with Gasteiger partial charge < -0.3 is 77.3 Å². The molecule has 3 heterocycles. The number of aromatic hydroxyl groups is 1. The van der Waals surface area contributed by atoms with Gasteiger partial charge in [-0.3, -0.25) is 43.3 Å². The second-order valence-electron chi connectivity index (χ2n) is 32.0. The van der Waals surface area contributed by atoms with Gasteiger partial charge in [-0.2, -0.15) is 0 Å². The third-order valence-corrected chi connectivity index (χ3v) is 20.6. The van der Waals surface area contributed by atoms with E-state index in [1.54, 1.807) is 82.0 Å². The van der Waals surface area contributed by atoms with E-state index >= 15 is 0 Å².